The number of piperazine rings is 1. The van der Waals surface area contributed by atoms with Crippen molar-refractivity contribution in [2.75, 3.05) is 31.1 Å². The Morgan fingerprint density at radius 3 is 2.74 bits per heavy atom. The van der Waals surface area contributed by atoms with Crippen LogP contribution in [-0.2, 0) is 0 Å². The summed E-state index contributed by atoms with van der Waals surface area (Å²) >= 11 is 2.09. The fourth-order valence-electron chi connectivity index (χ4n) is 3.24. The number of rotatable bonds is 8. The molecule has 1 N–H and O–H groups in total. The van der Waals surface area contributed by atoms with Crippen molar-refractivity contribution in [2.24, 2.45) is 11.8 Å². The molecule has 2 fully saturated rings. The number of nitrogens with one attached hydrogen (secondary N) is 1. The summed E-state index contributed by atoms with van der Waals surface area (Å²) in [5.74, 6) is 4.42. The Bertz CT molecular complexity index is 255. The molecule has 0 aromatic carbocycles. The average molecular weight is 285 g/mol. The van der Waals surface area contributed by atoms with Gasteiger partial charge in [0.25, 0.3) is 0 Å². The van der Waals surface area contributed by atoms with Crippen molar-refractivity contribution < 1.29 is 0 Å². The van der Waals surface area contributed by atoms with E-state index in [4.69, 9.17) is 0 Å². The molecule has 112 valence electrons. The Morgan fingerprint density at radius 2 is 2.11 bits per heavy atom. The maximum Gasteiger partial charge on any atom is 0.0249 e. The normalized spacial score (nSPS) is 30.5. The molecule has 1 heterocycles. The van der Waals surface area contributed by atoms with Gasteiger partial charge in [0, 0.05) is 25.2 Å². The molecule has 2 aliphatic rings. The third kappa shape index (κ3) is 4.64. The quantitative estimate of drug-likeness (QED) is 0.689. The Morgan fingerprint density at radius 1 is 1.32 bits per heavy atom. The molecule has 2 rings (SSSR count). The maximum absolute atomic E-state index is 3.83. The highest BCUT2D eigenvalue weighted by Crippen LogP contribution is 2.36. The lowest BCUT2D eigenvalue weighted by atomic mass is 9.94. The minimum Gasteiger partial charge on any atom is -0.311 e. The fraction of sp³-hybridized carbons (Fsp3) is 1.00. The first kappa shape index (κ1) is 15.7. The van der Waals surface area contributed by atoms with E-state index in [1.807, 2.05) is 0 Å². The van der Waals surface area contributed by atoms with Crippen LogP contribution >= 0.6 is 11.8 Å². The Hall–Kier alpha value is 0.270. The molecule has 2 nitrogen and oxygen atoms in total. The van der Waals surface area contributed by atoms with E-state index in [0.29, 0.717) is 0 Å². The van der Waals surface area contributed by atoms with Gasteiger partial charge >= 0.3 is 0 Å². The van der Waals surface area contributed by atoms with E-state index in [-0.39, 0.29) is 0 Å². The van der Waals surface area contributed by atoms with E-state index in [0.717, 1.165) is 23.9 Å². The van der Waals surface area contributed by atoms with Crippen LogP contribution in [0.2, 0.25) is 0 Å². The monoisotopic (exact) mass is 284 g/mol. The summed E-state index contributed by atoms with van der Waals surface area (Å²) in [6.07, 6.45) is 5.61. The zero-order chi connectivity index (χ0) is 13.7. The molecule has 0 amide bonds. The van der Waals surface area contributed by atoms with E-state index >= 15 is 0 Å². The van der Waals surface area contributed by atoms with Crippen molar-refractivity contribution in [3.05, 3.63) is 0 Å². The van der Waals surface area contributed by atoms with Gasteiger partial charge < -0.3 is 5.32 Å². The standard InChI is InChI=1S/C16H32N2S/c1-4-13(3)15-12-18(9-6-10-19-5-2)16(11-17-15)14-7-8-14/h13-17H,4-12H2,1-3H3. The summed E-state index contributed by atoms with van der Waals surface area (Å²) in [5.41, 5.74) is 0. The van der Waals surface area contributed by atoms with Crippen LogP contribution in [-0.4, -0.2) is 48.1 Å². The summed E-state index contributed by atoms with van der Waals surface area (Å²) in [6, 6.07) is 1.56. The molecule has 0 spiro atoms. The van der Waals surface area contributed by atoms with Crippen molar-refractivity contribution in [2.45, 2.75) is 58.5 Å². The van der Waals surface area contributed by atoms with Crippen LogP contribution in [0.25, 0.3) is 0 Å². The van der Waals surface area contributed by atoms with Gasteiger partial charge in [0.1, 0.15) is 0 Å². The second kappa shape index (κ2) is 7.90. The number of hydrogen-bond donors (Lipinski definition) is 1. The van der Waals surface area contributed by atoms with Gasteiger partial charge in [0.15, 0.2) is 0 Å². The van der Waals surface area contributed by atoms with Crippen LogP contribution in [0, 0.1) is 11.8 Å². The van der Waals surface area contributed by atoms with Gasteiger partial charge in [-0.3, -0.25) is 4.90 Å². The molecule has 0 aromatic heterocycles. The van der Waals surface area contributed by atoms with Crippen LogP contribution in [0.1, 0.15) is 46.5 Å². The topological polar surface area (TPSA) is 15.3 Å². The predicted octanol–water partition coefficient (Wildman–Crippen LogP) is 3.23. The van der Waals surface area contributed by atoms with Gasteiger partial charge in [-0.15, -0.1) is 0 Å². The minimum atomic E-state index is 0.721. The first-order valence-electron chi connectivity index (χ1n) is 8.31. The van der Waals surface area contributed by atoms with Crippen LogP contribution in [0.5, 0.6) is 0 Å². The van der Waals surface area contributed by atoms with Crippen molar-refractivity contribution in [3.63, 3.8) is 0 Å². The molecular weight excluding hydrogens is 252 g/mol. The fourth-order valence-corrected chi connectivity index (χ4v) is 3.86. The highest BCUT2D eigenvalue weighted by Gasteiger charge is 2.39. The van der Waals surface area contributed by atoms with Crippen LogP contribution in [0.15, 0.2) is 0 Å². The van der Waals surface area contributed by atoms with Crippen LogP contribution in [0.4, 0.5) is 0 Å². The van der Waals surface area contributed by atoms with Crippen molar-refractivity contribution in [1.82, 2.24) is 10.2 Å². The summed E-state index contributed by atoms with van der Waals surface area (Å²) < 4.78 is 0. The number of hydrogen-bond acceptors (Lipinski definition) is 3. The third-order valence-corrected chi connectivity index (χ3v) is 5.91. The van der Waals surface area contributed by atoms with Crippen molar-refractivity contribution in [1.29, 1.82) is 0 Å². The molecule has 3 atom stereocenters. The Kier molecular flexibility index (Phi) is 6.51. The third-order valence-electron chi connectivity index (χ3n) is 4.92. The molecule has 0 aromatic rings. The second-order valence-electron chi connectivity index (χ2n) is 6.35. The Balaban J connectivity index is 1.81. The molecule has 0 radical (unpaired) electrons. The summed E-state index contributed by atoms with van der Waals surface area (Å²) in [6.45, 7) is 10.8. The largest absolute Gasteiger partial charge is 0.311 e. The maximum atomic E-state index is 3.83. The van der Waals surface area contributed by atoms with Crippen molar-refractivity contribution in [3.8, 4) is 0 Å². The number of nitrogens with zero attached hydrogens (tertiary/aromatic N) is 1. The van der Waals surface area contributed by atoms with Gasteiger partial charge in [-0.05, 0) is 49.1 Å². The predicted molar refractivity (Wildman–Crippen MR) is 86.9 cm³/mol. The SMILES string of the molecule is CCSCCCN1CC(C(C)CC)NCC1C1CC1. The van der Waals surface area contributed by atoms with Gasteiger partial charge in [-0.2, -0.15) is 11.8 Å². The van der Waals surface area contributed by atoms with E-state index in [9.17, 15) is 0 Å². The van der Waals surface area contributed by atoms with E-state index in [1.54, 1.807) is 0 Å². The lowest BCUT2D eigenvalue weighted by molar-refractivity contribution is 0.0964. The van der Waals surface area contributed by atoms with Gasteiger partial charge in [-0.1, -0.05) is 27.2 Å². The summed E-state index contributed by atoms with van der Waals surface area (Å²) in [5, 5.41) is 3.83. The molecule has 0 bridgehead atoms. The zero-order valence-corrected chi connectivity index (χ0v) is 13.8. The van der Waals surface area contributed by atoms with E-state index in [1.165, 1.54) is 56.8 Å². The zero-order valence-electron chi connectivity index (χ0n) is 13.0. The highest BCUT2D eigenvalue weighted by molar-refractivity contribution is 7.99. The van der Waals surface area contributed by atoms with Crippen LogP contribution < -0.4 is 5.32 Å². The first-order valence-corrected chi connectivity index (χ1v) is 9.46. The molecule has 19 heavy (non-hydrogen) atoms. The highest BCUT2D eigenvalue weighted by atomic mass is 32.2. The van der Waals surface area contributed by atoms with Gasteiger partial charge in [0.2, 0.25) is 0 Å². The number of thioether (sulfide) groups is 1. The Labute approximate surface area is 124 Å². The van der Waals surface area contributed by atoms with E-state index < -0.39 is 0 Å². The van der Waals surface area contributed by atoms with Crippen LogP contribution in [0.3, 0.4) is 0 Å². The molecule has 1 aliphatic heterocycles. The molecular formula is C16H32N2S. The molecule has 3 heteroatoms. The van der Waals surface area contributed by atoms with Crippen molar-refractivity contribution >= 4 is 11.8 Å². The molecule has 1 saturated carbocycles. The minimum absolute atomic E-state index is 0.721. The smallest absolute Gasteiger partial charge is 0.0249 e. The van der Waals surface area contributed by atoms with Gasteiger partial charge in [-0.25, -0.2) is 0 Å². The molecule has 1 saturated heterocycles. The first-order chi connectivity index (χ1) is 9.26. The lowest BCUT2D eigenvalue weighted by Crippen LogP contribution is -2.59. The summed E-state index contributed by atoms with van der Waals surface area (Å²) in [4.78, 5) is 2.82. The van der Waals surface area contributed by atoms with Gasteiger partial charge in [0.05, 0.1) is 0 Å². The molecule has 1 aliphatic carbocycles. The summed E-state index contributed by atoms with van der Waals surface area (Å²) in [7, 11) is 0. The van der Waals surface area contributed by atoms with E-state index in [2.05, 4.69) is 42.7 Å². The molecule has 3 unspecified atom stereocenters. The lowest BCUT2D eigenvalue weighted by Gasteiger charge is -2.42. The average Bonchev–Trinajstić information content (AvgIpc) is 3.27. The second-order valence-corrected chi connectivity index (χ2v) is 7.74.